The molecule has 1 saturated heterocycles. The van der Waals surface area contributed by atoms with Crippen molar-refractivity contribution in [1.82, 2.24) is 4.90 Å². The second kappa shape index (κ2) is 11.9. The largest absolute Gasteiger partial charge is 0.495 e. The van der Waals surface area contributed by atoms with Crippen molar-refractivity contribution < 1.29 is 51.7 Å². The summed E-state index contributed by atoms with van der Waals surface area (Å²) in [5, 5.41) is 10.3. The maximum absolute atomic E-state index is 13.1. The van der Waals surface area contributed by atoms with Crippen molar-refractivity contribution in [3.05, 3.63) is 52.4 Å². The topological polar surface area (TPSA) is 131 Å². The Hall–Kier alpha value is -4.20. The molecule has 0 aliphatic carbocycles. The number of rotatable bonds is 10. The van der Waals surface area contributed by atoms with Crippen molar-refractivity contribution in [2.45, 2.75) is 13.1 Å². The van der Waals surface area contributed by atoms with Crippen LogP contribution in [0.3, 0.4) is 0 Å². The number of halogens is 3. The maximum Gasteiger partial charge on any atom is 0.416 e. The van der Waals surface area contributed by atoms with Gasteiger partial charge in [0.05, 0.1) is 29.9 Å². The third-order valence-electron chi connectivity index (χ3n) is 4.89. The number of imide groups is 1. The quantitative estimate of drug-likeness (QED) is 0.414. The molecule has 2 aromatic rings. The van der Waals surface area contributed by atoms with E-state index >= 15 is 0 Å². The van der Waals surface area contributed by atoms with Crippen LogP contribution in [-0.4, -0.2) is 59.9 Å². The van der Waals surface area contributed by atoms with Gasteiger partial charge < -0.3 is 24.6 Å². The monoisotopic (exact) mass is 554 g/mol. The van der Waals surface area contributed by atoms with Crippen molar-refractivity contribution in [3.63, 3.8) is 0 Å². The second-order valence-corrected chi connectivity index (χ2v) is 8.54. The third kappa shape index (κ3) is 6.97. The molecule has 2 aromatic carbocycles. The molecule has 38 heavy (non-hydrogen) atoms. The van der Waals surface area contributed by atoms with E-state index < -0.39 is 47.9 Å². The number of benzene rings is 2. The van der Waals surface area contributed by atoms with Gasteiger partial charge in [0, 0.05) is 0 Å². The van der Waals surface area contributed by atoms with E-state index in [4.69, 9.17) is 19.3 Å². The highest BCUT2D eigenvalue weighted by Crippen LogP contribution is 2.36. The first-order valence-corrected chi connectivity index (χ1v) is 11.7. The Bertz CT molecular complexity index is 1300. The van der Waals surface area contributed by atoms with Crippen LogP contribution in [0.5, 0.6) is 17.2 Å². The minimum absolute atomic E-state index is 0.0129. The molecule has 1 heterocycles. The van der Waals surface area contributed by atoms with Gasteiger partial charge in [-0.1, -0.05) is 6.07 Å². The van der Waals surface area contributed by atoms with Crippen LogP contribution in [0.15, 0.2) is 41.3 Å². The molecule has 2 N–H and O–H groups in total. The smallest absolute Gasteiger partial charge is 0.416 e. The standard InChI is InChI=1S/C24H21F3N2O8S/c1-3-36-18-8-13(4-6-17(18)37-12-21(31)32)9-19-22(33)29(23(34)38-19)11-20(30)28-15-10-14(24(25,26)27)5-7-16(15)35-2/h4-10H,3,11-12H2,1-2H3,(H,28,30)(H,31,32)/b19-9-. The molecule has 0 spiro atoms. The lowest BCUT2D eigenvalue weighted by atomic mass is 10.1. The second-order valence-electron chi connectivity index (χ2n) is 7.55. The molecule has 202 valence electrons. The average molecular weight is 554 g/mol. The molecule has 0 atom stereocenters. The SMILES string of the molecule is CCOc1cc(/C=C2\SC(=O)N(CC(=O)Nc3cc(C(F)(F)F)ccc3OC)C2=O)ccc1OCC(=O)O. The number of thioether (sulfide) groups is 1. The number of amides is 3. The summed E-state index contributed by atoms with van der Waals surface area (Å²) in [6, 6.07) is 6.96. The van der Waals surface area contributed by atoms with Crippen LogP contribution >= 0.6 is 11.8 Å². The Kier molecular flexibility index (Phi) is 8.88. The van der Waals surface area contributed by atoms with E-state index in [1.165, 1.54) is 31.4 Å². The summed E-state index contributed by atoms with van der Waals surface area (Å²) < 4.78 is 54.8. The number of anilines is 1. The third-order valence-corrected chi connectivity index (χ3v) is 5.80. The summed E-state index contributed by atoms with van der Waals surface area (Å²) >= 11 is 0.571. The highest BCUT2D eigenvalue weighted by Gasteiger charge is 2.37. The maximum atomic E-state index is 13.1. The lowest BCUT2D eigenvalue weighted by Crippen LogP contribution is -2.36. The number of carbonyl (C=O) groups excluding carboxylic acids is 3. The highest BCUT2D eigenvalue weighted by atomic mass is 32.2. The van der Waals surface area contributed by atoms with Gasteiger partial charge in [0.2, 0.25) is 5.91 Å². The van der Waals surface area contributed by atoms with Crippen LogP contribution in [0.4, 0.5) is 23.7 Å². The Morgan fingerprint density at radius 2 is 1.79 bits per heavy atom. The average Bonchev–Trinajstić information content (AvgIpc) is 3.10. The molecule has 0 saturated carbocycles. The van der Waals surface area contributed by atoms with Gasteiger partial charge >= 0.3 is 12.1 Å². The molecule has 3 rings (SSSR count). The number of nitrogens with zero attached hydrogens (tertiary/aromatic N) is 1. The normalized spacial score (nSPS) is 14.6. The zero-order valence-corrected chi connectivity index (χ0v) is 20.8. The molecular weight excluding hydrogens is 533 g/mol. The molecule has 0 radical (unpaired) electrons. The van der Waals surface area contributed by atoms with Gasteiger partial charge in [0.15, 0.2) is 18.1 Å². The van der Waals surface area contributed by atoms with Crippen molar-refractivity contribution >= 4 is 46.5 Å². The molecule has 3 amide bonds. The highest BCUT2D eigenvalue weighted by molar-refractivity contribution is 8.18. The minimum Gasteiger partial charge on any atom is -0.495 e. The van der Waals surface area contributed by atoms with Gasteiger partial charge in [0.1, 0.15) is 12.3 Å². The minimum atomic E-state index is -4.66. The summed E-state index contributed by atoms with van der Waals surface area (Å²) in [5.41, 5.74) is -0.864. The zero-order chi connectivity index (χ0) is 28.0. The first-order chi connectivity index (χ1) is 17.9. The number of aliphatic carboxylic acids is 1. The van der Waals surface area contributed by atoms with Crippen LogP contribution in [-0.2, 0) is 20.6 Å². The summed E-state index contributed by atoms with van der Waals surface area (Å²) in [6.07, 6.45) is -3.28. The molecule has 0 bridgehead atoms. The van der Waals surface area contributed by atoms with Gasteiger partial charge in [-0.25, -0.2) is 4.79 Å². The van der Waals surface area contributed by atoms with Crippen molar-refractivity contribution in [1.29, 1.82) is 0 Å². The molecule has 1 aliphatic rings. The van der Waals surface area contributed by atoms with Crippen molar-refractivity contribution in [2.75, 3.05) is 32.2 Å². The number of methoxy groups -OCH3 is 1. The van der Waals surface area contributed by atoms with Gasteiger partial charge in [-0.2, -0.15) is 13.2 Å². The first kappa shape index (κ1) is 28.4. The summed E-state index contributed by atoms with van der Waals surface area (Å²) in [5.74, 6) is -2.53. The Balaban J connectivity index is 1.75. The first-order valence-electron chi connectivity index (χ1n) is 10.8. The number of carboxylic acids is 1. The van der Waals surface area contributed by atoms with Crippen LogP contribution in [0, 0.1) is 0 Å². The van der Waals surface area contributed by atoms with Crippen LogP contribution in [0.1, 0.15) is 18.1 Å². The number of alkyl halides is 3. The van der Waals surface area contributed by atoms with Crippen molar-refractivity contribution in [2.24, 2.45) is 0 Å². The lowest BCUT2D eigenvalue weighted by Gasteiger charge is -2.16. The predicted molar refractivity (Wildman–Crippen MR) is 130 cm³/mol. The zero-order valence-electron chi connectivity index (χ0n) is 20.0. The summed E-state index contributed by atoms with van der Waals surface area (Å²) in [7, 11) is 1.21. The summed E-state index contributed by atoms with van der Waals surface area (Å²) in [4.78, 5) is 49.2. The molecule has 1 fully saturated rings. The molecule has 1 aliphatic heterocycles. The molecule has 10 nitrogen and oxygen atoms in total. The molecular formula is C24H21F3N2O8S. The summed E-state index contributed by atoms with van der Waals surface area (Å²) in [6.45, 7) is 0.620. The molecule has 0 unspecified atom stereocenters. The number of nitrogens with one attached hydrogen (secondary N) is 1. The molecule has 14 heteroatoms. The molecule has 0 aromatic heterocycles. The van der Waals surface area contributed by atoms with Crippen molar-refractivity contribution in [3.8, 4) is 17.2 Å². The van der Waals surface area contributed by atoms with E-state index in [2.05, 4.69) is 5.32 Å². The van der Waals surface area contributed by atoms with E-state index in [1.54, 1.807) is 6.92 Å². The number of carboxylic acid groups (broad SMARTS) is 1. The van der Waals surface area contributed by atoms with Gasteiger partial charge in [-0.05, 0) is 60.7 Å². The fraction of sp³-hybridized carbons (Fsp3) is 0.250. The van der Waals surface area contributed by atoms with E-state index in [0.717, 1.165) is 12.1 Å². The van der Waals surface area contributed by atoms with Crippen LogP contribution in [0.2, 0.25) is 0 Å². The fourth-order valence-electron chi connectivity index (χ4n) is 3.24. The van der Waals surface area contributed by atoms with Gasteiger partial charge in [0.25, 0.3) is 11.1 Å². The Morgan fingerprint density at radius 1 is 1.08 bits per heavy atom. The fourth-order valence-corrected chi connectivity index (χ4v) is 4.08. The Labute approximate surface area is 218 Å². The number of carbonyl (C=O) groups is 4. The van der Waals surface area contributed by atoms with Crippen LogP contribution < -0.4 is 19.5 Å². The number of ether oxygens (including phenoxy) is 3. The van der Waals surface area contributed by atoms with E-state index in [0.29, 0.717) is 28.3 Å². The lowest BCUT2D eigenvalue weighted by molar-refractivity contribution is -0.139. The number of hydrogen-bond donors (Lipinski definition) is 2. The number of hydrogen-bond acceptors (Lipinski definition) is 8. The van der Waals surface area contributed by atoms with E-state index in [9.17, 15) is 32.3 Å². The predicted octanol–water partition coefficient (Wildman–Crippen LogP) is 4.25. The van der Waals surface area contributed by atoms with E-state index in [1.807, 2.05) is 0 Å². The van der Waals surface area contributed by atoms with E-state index in [-0.39, 0.29) is 34.4 Å². The van der Waals surface area contributed by atoms with Gasteiger partial charge in [-0.15, -0.1) is 0 Å². The van der Waals surface area contributed by atoms with Gasteiger partial charge in [-0.3, -0.25) is 19.3 Å². The Morgan fingerprint density at radius 3 is 2.42 bits per heavy atom. The van der Waals surface area contributed by atoms with Crippen LogP contribution in [0.25, 0.3) is 6.08 Å².